The Morgan fingerprint density at radius 3 is 3.00 bits per heavy atom. The second kappa shape index (κ2) is 6.56. The normalized spacial score (nSPS) is 10.1. The molecule has 1 amide bonds. The zero-order valence-corrected chi connectivity index (χ0v) is 9.19. The van der Waals surface area contributed by atoms with Crippen molar-refractivity contribution in [2.24, 2.45) is 0 Å². The Balaban J connectivity index is 2.11. The molecule has 2 N–H and O–H groups in total. The van der Waals surface area contributed by atoms with Crippen molar-refractivity contribution in [1.82, 2.24) is 10.6 Å². The Kier molecular flexibility index (Phi) is 5.25. The van der Waals surface area contributed by atoms with Crippen LogP contribution in [-0.2, 0) is 11.2 Å². The Morgan fingerprint density at radius 2 is 2.36 bits per heavy atom. The van der Waals surface area contributed by atoms with E-state index in [9.17, 15) is 4.79 Å². The molecule has 0 aliphatic carbocycles. The van der Waals surface area contributed by atoms with Crippen molar-refractivity contribution in [3.8, 4) is 0 Å². The predicted molar refractivity (Wildman–Crippen MR) is 59.6 cm³/mol. The van der Waals surface area contributed by atoms with Gasteiger partial charge in [-0.2, -0.15) is 0 Å². The highest BCUT2D eigenvalue weighted by Crippen LogP contribution is 2.08. The van der Waals surface area contributed by atoms with Crippen LogP contribution < -0.4 is 10.6 Å². The van der Waals surface area contributed by atoms with Crippen molar-refractivity contribution < 1.29 is 4.79 Å². The summed E-state index contributed by atoms with van der Waals surface area (Å²) in [5.41, 5.74) is 0. The summed E-state index contributed by atoms with van der Waals surface area (Å²) in [7, 11) is 0. The summed E-state index contributed by atoms with van der Waals surface area (Å²) in [5, 5.41) is 8.00. The highest BCUT2D eigenvalue weighted by atomic mass is 32.1. The van der Waals surface area contributed by atoms with Crippen LogP contribution in [0.4, 0.5) is 0 Å². The molecule has 78 valence electrons. The lowest BCUT2D eigenvalue weighted by Crippen LogP contribution is -2.32. The number of amides is 1. The van der Waals surface area contributed by atoms with Crippen LogP contribution in [0.5, 0.6) is 0 Å². The Bertz CT molecular complexity index is 259. The van der Waals surface area contributed by atoms with E-state index < -0.39 is 0 Å². The van der Waals surface area contributed by atoms with Gasteiger partial charge in [-0.1, -0.05) is 13.0 Å². The minimum atomic E-state index is 0.102. The summed E-state index contributed by atoms with van der Waals surface area (Å²) in [5.74, 6) is 0.102. The maximum Gasteiger partial charge on any atom is 0.225 e. The average Bonchev–Trinajstić information content (AvgIpc) is 2.65. The zero-order valence-electron chi connectivity index (χ0n) is 8.38. The Hall–Kier alpha value is -0.870. The zero-order chi connectivity index (χ0) is 10.2. The first-order valence-corrected chi connectivity index (χ1v) is 5.70. The van der Waals surface area contributed by atoms with Crippen LogP contribution >= 0.6 is 11.3 Å². The molecule has 1 heterocycles. The fraction of sp³-hybridized carbons (Fsp3) is 0.500. The van der Waals surface area contributed by atoms with Crippen LogP contribution in [0.25, 0.3) is 0 Å². The summed E-state index contributed by atoms with van der Waals surface area (Å²) in [6.45, 7) is 4.54. The number of likely N-dealkylation sites (N-methyl/N-ethyl adjacent to an activating group) is 1. The van der Waals surface area contributed by atoms with E-state index in [-0.39, 0.29) is 5.91 Å². The van der Waals surface area contributed by atoms with Gasteiger partial charge in [-0.15, -0.1) is 11.3 Å². The van der Waals surface area contributed by atoms with Gasteiger partial charge in [0.1, 0.15) is 0 Å². The molecule has 0 spiro atoms. The summed E-state index contributed by atoms with van der Waals surface area (Å²) < 4.78 is 0. The van der Waals surface area contributed by atoms with Crippen LogP contribution in [0, 0.1) is 0 Å². The highest BCUT2D eigenvalue weighted by Gasteiger charge is 2.02. The van der Waals surface area contributed by atoms with Crippen LogP contribution in [0.3, 0.4) is 0 Å². The molecule has 0 saturated heterocycles. The molecule has 0 aromatic carbocycles. The first-order valence-electron chi connectivity index (χ1n) is 4.82. The van der Waals surface area contributed by atoms with Crippen molar-refractivity contribution in [3.05, 3.63) is 22.4 Å². The topological polar surface area (TPSA) is 41.1 Å². The molecule has 0 saturated carbocycles. The molecular formula is C10H16N2OS. The third-order valence-electron chi connectivity index (χ3n) is 1.79. The summed E-state index contributed by atoms with van der Waals surface area (Å²) in [6.07, 6.45) is 0.504. The van der Waals surface area contributed by atoms with Crippen molar-refractivity contribution in [2.45, 2.75) is 13.3 Å². The maximum atomic E-state index is 11.3. The first kappa shape index (κ1) is 11.2. The van der Waals surface area contributed by atoms with Crippen molar-refractivity contribution >= 4 is 17.2 Å². The summed E-state index contributed by atoms with van der Waals surface area (Å²) in [4.78, 5) is 12.5. The van der Waals surface area contributed by atoms with Gasteiger partial charge in [0.25, 0.3) is 0 Å². The van der Waals surface area contributed by atoms with Crippen molar-refractivity contribution in [2.75, 3.05) is 19.6 Å². The highest BCUT2D eigenvalue weighted by molar-refractivity contribution is 7.10. The van der Waals surface area contributed by atoms with E-state index >= 15 is 0 Å². The molecular weight excluding hydrogens is 196 g/mol. The second-order valence-corrected chi connectivity index (χ2v) is 3.99. The lowest BCUT2D eigenvalue weighted by molar-refractivity contribution is -0.120. The van der Waals surface area contributed by atoms with Gasteiger partial charge in [0.05, 0.1) is 6.42 Å². The molecule has 4 heteroatoms. The fourth-order valence-corrected chi connectivity index (χ4v) is 1.80. The Morgan fingerprint density at radius 1 is 1.50 bits per heavy atom. The van der Waals surface area contributed by atoms with Gasteiger partial charge in [-0.3, -0.25) is 4.79 Å². The van der Waals surface area contributed by atoms with E-state index in [4.69, 9.17) is 0 Å². The molecule has 1 rings (SSSR count). The molecule has 0 unspecified atom stereocenters. The molecule has 0 aliphatic rings. The number of nitrogens with one attached hydrogen (secondary N) is 2. The first-order chi connectivity index (χ1) is 6.83. The fourth-order valence-electron chi connectivity index (χ4n) is 1.10. The van der Waals surface area contributed by atoms with Crippen molar-refractivity contribution in [1.29, 1.82) is 0 Å². The van der Waals surface area contributed by atoms with E-state index in [0.717, 1.165) is 18.0 Å². The smallest absolute Gasteiger partial charge is 0.225 e. The number of hydrogen-bond acceptors (Lipinski definition) is 3. The summed E-state index contributed by atoms with van der Waals surface area (Å²) in [6, 6.07) is 3.94. The average molecular weight is 212 g/mol. The molecule has 3 nitrogen and oxygen atoms in total. The summed E-state index contributed by atoms with van der Waals surface area (Å²) >= 11 is 1.62. The number of hydrogen-bond donors (Lipinski definition) is 2. The lowest BCUT2D eigenvalue weighted by atomic mass is 10.3. The second-order valence-electron chi connectivity index (χ2n) is 2.96. The van der Waals surface area contributed by atoms with E-state index in [2.05, 4.69) is 10.6 Å². The van der Waals surface area contributed by atoms with Crippen LogP contribution in [0.2, 0.25) is 0 Å². The third kappa shape index (κ3) is 4.39. The monoisotopic (exact) mass is 212 g/mol. The van der Waals surface area contributed by atoms with E-state index in [0.29, 0.717) is 13.0 Å². The molecule has 0 atom stereocenters. The van der Waals surface area contributed by atoms with Gasteiger partial charge in [-0.05, 0) is 18.0 Å². The van der Waals surface area contributed by atoms with Gasteiger partial charge >= 0.3 is 0 Å². The Labute approximate surface area is 88.5 Å². The molecule has 0 fully saturated rings. The lowest BCUT2D eigenvalue weighted by Gasteiger charge is -2.04. The molecule has 0 aliphatic heterocycles. The van der Waals surface area contributed by atoms with E-state index in [1.54, 1.807) is 11.3 Å². The maximum absolute atomic E-state index is 11.3. The number of carbonyl (C=O) groups excluding carboxylic acids is 1. The van der Waals surface area contributed by atoms with Gasteiger partial charge in [0.2, 0.25) is 5.91 Å². The number of carbonyl (C=O) groups is 1. The van der Waals surface area contributed by atoms with E-state index in [1.165, 1.54) is 0 Å². The third-order valence-corrected chi connectivity index (χ3v) is 2.67. The molecule has 1 aromatic heterocycles. The van der Waals surface area contributed by atoms with Gasteiger partial charge in [0, 0.05) is 18.0 Å². The molecule has 0 radical (unpaired) electrons. The quantitative estimate of drug-likeness (QED) is 0.691. The van der Waals surface area contributed by atoms with Crippen LogP contribution in [0.15, 0.2) is 17.5 Å². The van der Waals surface area contributed by atoms with Gasteiger partial charge in [0.15, 0.2) is 0 Å². The largest absolute Gasteiger partial charge is 0.355 e. The van der Waals surface area contributed by atoms with Crippen LogP contribution in [0.1, 0.15) is 11.8 Å². The van der Waals surface area contributed by atoms with E-state index in [1.807, 2.05) is 24.4 Å². The SMILES string of the molecule is CCNCCNC(=O)Cc1cccs1. The molecule has 0 bridgehead atoms. The number of thiophene rings is 1. The van der Waals surface area contributed by atoms with Crippen LogP contribution in [-0.4, -0.2) is 25.5 Å². The van der Waals surface area contributed by atoms with Crippen molar-refractivity contribution in [3.63, 3.8) is 0 Å². The number of rotatable bonds is 6. The minimum Gasteiger partial charge on any atom is -0.355 e. The van der Waals surface area contributed by atoms with Gasteiger partial charge < -0.3 is 10.6 Å². The molecule has 14 heavy (non-hydrogen) atoms. The minimum absolute atomic E-state index is 0.102. The standard InChI is InChI=1S/C10H16N2OS/c1-2-11-5-6-12-10(13)8-9-4-3-7-14-9/h3-4,7,11H,2,5-6,8H2,1H3,(H,12,13). The van der Waals surface area contributed by atoms with Gasteiger partial charge in [-0.25, -0.2) is 0 Å². The molecule has 1 aromatic rings. The predicted octanol–water partition coefficient (Wildman–Crippen LogP) is 1.02.